The van der Waals surface area contributed by atoms with Crippen LogP contribution in [0, 0.1) is 17.2 Å². The van der Waals surface area contributed by atoms with Crippen LogP contribution in [0.25, 0.3) is 21.9 Å². The van der Waals surface area contributed by atoms with E-state index in [1.807, 2.05) is 18.2 Å². The third-order valence-corrected chi connectivity index (χ3v) is 5.39. The number of hydrogen-bond donors (Lipinski definition) is 1. The van der Waals surface area contributed by atoms with Gasteiger partial charge in [0, 0.05) is 17.8 Å². The topological polar surface area (TPSA) is 74.7 Å². The molecule has 25 heavy (non-hydrogen) atoms. The van der Waals surface area contributed by atoms with Gasteiger partial charge in [-0.2, -0.15) is 5.26 Å². The molecular formula is C20H22N4O. The summed E-state index contributed by atoms with van der Waals surface area (Å²) in [6.45, 7) is 1.77. The van der Waals surface area contributed by atoms with Crippen molar-refractivity contribution in [1.29, 1.82) is 5.26 Å². The van der Waals surface area contributed by atoms with E-state index < -0.39 is 6.10 Å². The van der Waals surface area contributed by atoms with Crippen LogP contribution in [0.4, 0.5) is 0 Å². The molecule has 0 radical (unpaired) electrons. The molecule has 0 amide bonds. The van der Waals surface area contributed by atoms with Crippen molar-refractivity contribution < 1.29 is 5.11 Å². The maximum atomic E-state index is 10.3. The Labute approximate surface area is 146 Å². The van der Waals surface area contributed by atoms with Gasteiger partial charge < -0.3 is 9.67 Å². The van der Waals surface area contributed by atoms with E-state index in [1.165, 1.54) is 0 Å². The maximum absolute atomic E-state index is 10.3. The van der Waals surface area contributed by atoms with E-state index in [9.17, 15) is 5.11 Å². The minimum absolute atomic E-state index is 0.315. The predicted molar refractivity (Wildman–Crippen MR) is 96.9 cm³/mol. The summed E-state index contributed by atoms with van der Waals surface area (Å²) >= 11 is 0. The van der Waals surface area contributed by atoms with E-state index >= 15 is 0 Å². The number of aliphatic hydroxyl groups is 1. The number of rotatable bonds is 3. The highest BCUT2D eigenvalue weighted by Gasteiger charge is 2.27. The van der Waals surface area contributed by atoms with E-state index in [1.54, 1.807) is 13.1 Å². The first-order chi connectivity index (χ1) is 12.2. The van der Waals surface area contributed by atoms with Gasteiger partial charge in [0.25, 0.3) is 0 Å². The summed E-state index contributed by atoms with van der Waals surface area (Å²) in [5, 5.41) is 20.3. The van der Waals surface area contributed by atoms with Gasteiger partial charge in [-0.1, -0.05) is 18.2 Å². The Morgan fingerprint density at radius 3 is 2.72 bits per heavy atom. The van der Waals surface area contributed by atoms with Gasteiger partial charge in [-0.25, -0.2) is 4.98 Å². The average Bonchev–Trinajstić information content (AvgIpc) is 3.03. The van der Waals surface area contributed by atoms with Gasteiger partial charge in [-0.15, -0.1) is 0 Å². The molecule has 1 aromatic carbocycles. The zero-order valence-corrected chi connectivity index (χ0v) is 14.4. The molecule has 1 unspecified atom stereocenters. The Kier molecular flexibility index (Phi) is 4.14. The van der Waals surface area contributed by atoms with Gasteiger partial charge in [0.05, 0.1) is 23.3 Å². The molecule has 0 aliphatic heterocycles. The van der Waals surface area contributed by atoms with Crippen LogP contribution >= 0.6 is 0 Å². The molecule has 1 aliphatic carbocycles. The maximum Gasteiger partial charge on any atom is 0.138 e. The van der Waals surface area contributed by atoms with E-state index in [-0.39, 0.29) is 0 Å². The van der Waals surface area contributed by atoms with Gasteiger partial charge in [0.15, 0.2) is 0 Å². The van der Waals surface area contributed by atoms with E-state index in [0.717, 1.165) is 53.4 Å². The summed E-state index contributed by atoms with van der Waals surface area (Å²) < 4.78 is 2.24. The van der Waals surface area contributed by atoms with Crippen molar-refractivity contribution in [2.75, 3.05) is 0 Å². The Bertz CT molecular complexity index is 945. The van der Waals surface area contributed by atoms with Gasteiger partial charge in [0.2, 0.25) is 0 Å². The van der Waals surface area contributed by atoms with Crippen molar-refractivity contribution in [2.24, 2.45) is 5.92 Å². The SMILES string of the molecule is CC(O)c1nc2cnc3ccccc3c2n1C1CCC(CC#N)CC1. The number of nitriles is 1. The molecule has 1 fully saturated rings. The van der Waals surface area contributed by atoms with Crippen LogP contribution in [-0.2, 0) is 0 Å². The zero-order valence-electron chi connectivity index (χ0n) is 14.4. The largest absolute Gasteiger partial charge is 0.385 e. The van der Waals surface area contributed by atoms with Crippen molar-refractivity contribution in [1.82, 2.24) is 14.5 Å². The number of hydrogen-bond acceptors (Lipinski definition) is 4. The van der Waals surface area contributed by atoms with E-state index in [0.29, 0.717) is 18.4 Å². The molecule has 3 aromatic rings. The zero-order chi connectivity index (χ0) is 17.4. The van der Waals surface area contributed by atoms with Gasteiger partial charge >= 0.3 is 0 Å². The van der Waals surface area contributed by atoms with E-state index in [2.05, 4.69) is 21.7 Å². The fourth-order valence-electron chi connectivity index (χ4n) is 4.14. The van der Waals surface area contributed by atoms with E-state index in [4.69, 9.17) is 10.2 Å². The second-order valence-electron chi connectivity index (χ2n) is 7.06. The first-order valence-corrected chi connectivity index (χ1v) is 8.99. The third-order valence-electron chi connectivity index (χ3n) is 5.39. The van der Waals surface area contributed by atoms with Crippen LogP contribution in [0.3, 0.4) is 0 Å². The second kappa shape index (κ2) is 6.45. The molecule has 0 saturated heterocycles. The standard InChI is InChI=1S/C20H22N4O/c1-13(25)20-23-18-12-22-17-5-3-2-4-16(17)19(18)24(20)15-8-6-14(7-9-15)10-11-21/h2-5,12-15,25H,6-10H2,1H3. The molecular weight excluding hydrogens is 312 g/mol. The molecule has 2 aromatic heterocycles. The number of fused-ring (bicyclic) bond motifs is 3. The lowest BCUT2D eigenvalue weighted by atomic mass is 9.84. The molecule has 0 spiro atoms. The van der Waals surface area contributed by atoms with Crippen molar-refractivity contribution in [3.63, 3.8) is 0 Å². The smallest absolute Gasteiger partial charge is 0.138 e. The van der Waals surface area contributed by atoms with Crippen molar-refractivity contribution in [2.45, 2.75) is 51.2 Å². The minimum Gasteiger partial charge on any atom is -0.385 e. The second-order valence-corrected chi connectivity index (χ2v) is 7.06. The number of para-hydroxylation sites is 1. The van der Waals surface area contributed by atoms with Crippen LogP contribution < -0.4 is 0 Å². The molecule has 5 heteroatoms. The Balaban J connectivity index is 1.85. The number of pyridine rings is 1. The number of aliphatic hydroxyl groups excluding tert-OH is 1. The molecule has 4 rings (SSSR count). The van der Waals surface area contributed by atoms with Gasteiger partial charge in [-0.3, -0.25) is 4.98 Å². The summed E-state index contributed by atoms with van der Waals surface area (Å²) in [5.74, 6) is 1.22. The average molecular weight is 334 g/mol. The Hall–Kier alpha value is -2.45. The molecule has 1 aliphatic rings. The van der Waals surface area contributed by atoms with Crippen LogP contribution in [0.1, 0.15) is 57.0 Å². The quantitative estimate of drug-likeness (QED) is 0.775. The molecule has 1 atom stereocenters. The highest BCUT2D eigenvalue weighted by atomic mass is 16.3. The van der Waals surface area contributed by atoms with Crippen LogP contribution in [0.15, 0.2) is 30.5 Å². The number of nitrogens with zero attached hydrogens (tertiary/aromatic N) is 4. The summed E-state index contributed by atoms with van der Waals surface area (Å²) in [4.78, 5) is 9.20. The summed E-state index contributed by atoms with van der Waals surface area (Å²) in [7, 11) is 0. The third kappa shape index (κ3) is 2.77. The minimum atomic E-state index is -0.622. The van der Waals surface area contributed by atoms with Crippen molar-refractivity contribution >= 4 is 21.9 Å². The molecule has 0 bridgehead atoms. The van der Waals surface area contributed by atoms with Gasteiger partial charge in [-0.05, 0) is 44.6 Å². The number of aromatic nitrogens is 3. The lowest BCUT2D eigenvalue weighted by molar-refractivity contribution is 0.175. The van der Waals surface area contributed by atoms with Crippen LogP contribution in [0.5, 0.6) is 0 Å². The van der Waals surface area contributed by atoms with Crippen molar-refractivity contribution in [3.8, 4) is 6.07 Å². The molecule has 128 valence electrons. The Morgan fingerprint density at radius 2 is 2.00 bits per heavy atom. The van der Waals surface area contributed by atoms with Crippen LogP contribution in [-0.4, -0.2) is 19.6 Å². The normalized spacial score (nSPS) is 22.1. The Morgan fingerprint density at radius 1 is 1.24 bits per heavy atom. The lowest BCUT2D eigenvalue weighted by Gasteiger charge is -2.30. The summed E-state index contributed by atoms with van der Waals surface area (Å²) in [6.07, 6.45) is 5.99. The molecule has 2 heterocycles. The number of benzene rings is 1. The summed E-state index contributed by atoms with van der Waals surface area (Å²) in [6, 6.07) is 10.7. The molecule has 1 N–H and O–H groups in total. The first-order valence-electron chi connectivity index (χ1n) is 8.99. The first kappa shape index (κ1) is 16.0. The molecule has 5 nitrogen and oxygen atoms in total. The highest BCUT2D eigenvalue weighted by molar-refractivity contribution is 6.02. The summed E-state index contributed by atoms with van der Waals surface area (Å²) in [5.41, 5.74) is 2.87. The lowest BCUT2D eigenvalue weighted by Crippen LogP contribution is -2.20. The van der Waals surface area contributed by atoms with Crippen LogP contribution in [0.2, 0.25) is 0 Å². The fraction of sp³-hybridized carbons (Fsp3) is 0.450. The predicted octanol–water partition coefficient (Wildman–Crippen LogP) is 4.28. The van der Waals surface area contributed by atoms with Crippen molar-refractivity contribution in [3.05, 3.63) is 36.3 Å². The van der Waals surface area contributed by atoms with Gasteiger partial charge in [0.1, 0.15) is 17.4 Å². The highest BCUT2D eigenvalue weighted by Crippen LogP contribution is 2.38. The molecule has 1 saturated carbocycles. The number of imidazole rings is 1. The monoisotopic (exact) mass is 334 g/mol. The fourth-order valence-corrected chi connectivity index (χ4v) is 4.14.